The molecular weight excluding hydrogens is 268 g/mol. The molecule has 2 nitrogen and oxygen atoms in total. The molecule has 0 aliphatic heterocycles. The highest BCUT2D eigenvalue weighted by molar-refractivity contribution is 6.30. The molecule has 1 unspecified atom stereocenters. The van der Waals surface area contributed by atoms with Crippen molar-refractivity contribution in [2.75, 3.05) is 6.54 Å². The lowest BCUT2D eigenvalue weighted by molar-refractivity contribution is 0.499. The highest BCUT2D eigenvalue weighted by Crippen LogP contribution is 2.22. The lowest BCUT2D eigenvalue weighted by Gasteiger charge is -2.19. The minimum absolute atomic E-state index is 0.342. The predicted octanol–water partition coefficient (Wildman–Crippen LogP) is 4.41. The topological polar surface area (TPSA) is 24.9 Å². The molecule has 0 radical (unpaired) electrons. The lowest BCUT2D eigenvalue weighted by atomic mass is 9.99. The summed E-state index contributed by atoms with van der Waals surface area (Å²) in [4.78, 5) is 4.17. The van der Waals surface area contributed by atoms with Gasteiger partial charge >= 0.3 is 0 Å². The minimum atomic E-state index is 0.342. The highest BCUT2D eigenvalue weighted by Gasteiger charge is 2.11. The molecule has 0 saturated heterocycles. The number of rotatable bonds is 7. The monoisotopic (exact) mass is 288 g/mol. The van der Waals surface area contributed by atoms with Crippen LogP contribution in [-0.4, -0.2) is 11.5 Å². The maximum absolute atomic E-state index is 6.10. The van der Waals surface area contributed by atoms with Gasteiger partial charge in [-0.3, -0.25) is 4.98 Å². The summed E-state index contributed by atoms with van der Waals surface area (Å²) in [5, 5.41) is 4.40. The van der Waals surface area contributed by atoms with Crippen LogP contribution in [0.5, 0.6) is 0 Å². The van der Waals surface area contributed by atoms with Gasteiger partial charge in [0.25, 0.3) is 0 Å². The smallest absolute Gasteiger partial charge is 0.0409 e. The van der Waals surface area contributed by atoms with Crippen molar-refractivity contribution >= 4 is 11.6 Å². The summed E-state index contributed by atoms with van der Waals surface area (Å²) >= 11 is 6.10. The Morgan fingerprint density at radius 3 is 2.85 bits per heavy atom. The van der Waals surface area contributed by atoms with Gasteiger partial charge < -0.3 is 5.32 Å². The Bertz CT molecular complexity index is 513. The van der Waals surface area contributed by atoms with Crippen molar-refractivity contribution in [3.05, 3.63) is 64.9 Å². The zero-order chi connectivity index (χ0) is 14.2. The molecular formula is C17H21ClN2. The zero-order valence-electron chi connectivity index (χ0n) is 11.8. The number of aromatic nitrogens is 1. The van der Waals surface area contributed by atoms with Crippen LogP contribution in [0.3, 0.4) is 0 Å². The molecule has 1 N–H and O–H groups in total. The molecule has 3 heteroatoms. The van der Waals surface area contributed by atoms with E-state index in [9.17, 15) is 0 Å². The van der Waals surface area contributed by atoms with Gasteiger partial charge in [0.2, 0.25) is 0 Å². The summed E-state index contributed by atoms with van der Waals surface area (Å²) in [6.45, 7) is 3.20. The number of nitrogens with one attached hydrogen (secondary N) is 1. The van der Waals surface area contributed by atoms with E-state index in [1.165, 1.54) is 11.1 Å². The summed E-state index contributed by atoms with van der Waals surface area (Å²) in [5.74, 6) is 0. The van der Waals surface area contributed by atoms with Crippen LogP contribution in [0.2, 0.25) is 5.02 Å². The summed E-state index contributed by atoms with van der Waals surface area (Å²) < 4.78 is 0. The lowest BCUT2D eigenvalue weighted by Crippen LogP contribution is -2.22. The number of hydrogen-bond donors (Lipinski definition) is 1. The largest absolute Gasteiger partial charge is 0.310 e. The van der Waals surface area contributed by atoms with Crippen molar-refractivity contribution in [1.29, 1.82) is 0 Å². The standard InChI is InChI=1S/C17H21ClN2/c1-2-10-20-17(15-6-3-7-16(18)12-15)9-8-14-5-4-11-19-13-14/h3-7,11-13,17,20H,2,8-10H2,1H3. The van der Waals surface area contributed by atoms with Gasteiger partial charge in [0.1, 0.15) is 0 Å². The van der Waals surface area contributed by atoms with Crippen molar-refractivity contribution in [2.24, 2.45) is 0 Å². The van der Waals surface area contributed by atoms with E-state index in [4.69, 9.17) is 11.6 Å². The highest BCUT2D eigenvalue weighted by atomic mass is 35.5. The maximum atomic E-state index is 6.10. The first-order valence-electron chi connectivity index (χ1n) is 7.17. The average Bonchev–Trinajstić information content (AvgIpc) is 2.48. The second-order valence-corrected chi connectivity index (χ2v) is 5.40. The van der Waals surface area contributed by atoms with Crippen LogP contribution < -0.4 is 5.32 Å². The first-order chi connectivity index (χ1) is 9.79. The Morgan fingerprint density at radius 2 is 2.15 bits per heavy atom. The van der Waals surface area contributed by atoms with Crippen molar-refractivity contribution in [3.8, 4) is 0 Å². The van der Waals surface area contributed by atoms with E-state index in [0.717, 1.165) is 30.8 Å². The molecule has 1 aromatic carbocycles. The molecule has 0 aliphatic carbocycles. The second kappa shape index (κ2) is 8.03. The third-order valence-corrected chi connectivity index (χ3v) is 3.57. The normalized spacial score (nSPS) is 12.3. The van der Waals surface area contributed by atoms with Crippen LogP contribution in [0, 0.1) is 0 Å². The van der Waals surface area contributed by atoms with E-state index in [0.29, 0.717) is 6.04 Å². The van der Waals surface area contributed by atoms with E-state index in [1.54, 1.807) is 0 Å². The molecule has 1 aromatic heterocycles. The zero-order valence-corrected chi connectivity index (χ0v) is 12.6. The molecule has 0 saturated carbocycles. The van der Waals surface area contributed by atoms with Gasteiger partial charge in [0, 0.05) is 23.5 Å². The maximum Gasteiger partial charge on any atom is 0.0409 e. The first kappa shape index (κ1) is 15.0. The van der Waals surface area contributed by atoms with Crippen molar-refractivity contribution < 1.29 is 0 Å². The van der Waals surface area contributed by atoms with Gasteiger partial charge in [-0.15, -0.1) is 0 Å². The van der Waals surface area contributed by atoms with E-state index >= 15 is 0 Å². The van der Waals surface area contributed by atoms with Crippen LogP contribution >= 0.6 is 11.6 Å². The molecule has 0 bridgehead atoms. The molecule has 106 valence electrons. The molecule has 2 rings (SSSR count). The number of hydrogen-bond acceptors (Lipinski definition) is 2. The van der Waals surface area contributed by atoms with Gasteiger partial charge in [0.15, 0.2) is 0 Å². The van der Waals surface area contributed by atoms with Crippen LogP contribution in [0.15, 0.2) is 48.8 Å². The Labute approximate surface area is 126 Å². The summed E-state index contributed by atoms with van der Waals surface area (Å²) in [6.07, 6.45) is 6.94. The van der Waals surface area contributed by atoms with Gasteiger partial charge in [-0.1, -0.05) is 36.7 Å². The number of benzene rings is 1. The molecule has 0 aliphatic rings. The van der Waals surface area contributed by atoms with Gasteiger partial charge in [-0.05, 0) is 55.1 Å². The fraction of sp³-hybridized carbons (Fsp3) is 0.353. The van der Waals surface area contributed by atoms with Crippen molar-refractivity contribution in [2.45, 2.75) is 32.2 Å². The SMILES string of the molecule is CCCNC(CCc1cccnc1)c1cccc(Cl)c1. The Hall–Kier alpha value is -1.38. The molecule has 1 heterocycles. The summed E-state index contributed by atoms with van der Waals surface area (Å²) in [6, 6.07) is 12.6. The quantitative estimate of drug-likeness (QED) is 0.816. The number of nitrogens with zero attached hydrogens (tertiary/aromatic N) is 1. The third kappa shape index (κ3) is 4.62. The van der Waals surface area contributed by atoms with Crippen LogP contribution in [-0.2, 0) is 6.42 Å². The molecule has 1 atom stereocenters. The van der Waals surface area contributed by atoms with Gasteiger partial charge in [-0.2, -0.15) is 0 Å². The van der Waals surface area contributed by atoms with Gasteiger partial charge in [-0.25, -0.2) is 0 Å². The molecule has 0 amide bonds. The third-order valence-electron chi connectivity index (χ3n) is 3.34. The molecule has 2 aromatic rings. The molecule has 0 spiro atoms. The Kier molecular flexibility index (Phi) is 6.03. The van der Waals surface area contributed by atoms with E-state index < -0.39 is 0 Å². The van der Waals surface area contributed by atoms with Crippen LogP contribution in [0.1, 0.15) is 36.9 Å². The van der Waals surface area contributed by atoms with E-state index in [-0.39, 0.29) is 0 Å². The van der Waals surface area contributed by atoms with E-state index in [2.05, 4.69) is 35.4 Å². The Balaban J connectivity index is 2.03. The Morgan fingerprint density at radius 1 is 1.25 bits per heavy atom. The molecule has 20 heavy (non-hydrogen) atoms. The minimum Gasteiger partial charge on any atom is -0.310 e. The first-order valence-corrected chi connectivity index (χ1v) is 7.55. The fourth-order valence-corrected chi connectivity index (χ4v) is 2.48. The van der Waals surface area contributed by atoms with Crippen LogP contribution in [0.4, 0.5) is 0 Å². The number of aryl methyl sites for hydroxylation is 1. The molecule has 0 fully saturated rings. The second-order valence-electron chi connectivity index (χ2n) is 4.96. The average molecular weight is 289 g/mol. The predicted molar refractivity (Wildman–Crippen MR) is 85.0 cm³/mol. The number of pyridine rings is 1. The number of halogens is 1. The van der Waals surface area contributed by atoms with Gasteiger partial charge in [0.05, 0.1) is 0 Å². The van der Waals surface area contributed by atoms with Crippen molar-refractivity contribution in [3.63, 3.8) is 0 Å². The van der Waals surface area contributed by atoms with Crippen molar-refractivity contribution in [1.82, 2.24) is 10.3 Å². The summed E-state index contributed by atoms with van der Waals surface area (Å²) in [7, 11) is 0. The van der Waals surface area contributed by atoms with E-state index in [1.807, 2.05) is 30.6 Å². The summed E-state index contributed by atoms with van der Waals surface area (Å²) in [5.41, 5.74) is 2.53. The fourth-order valence-electron chi connectivity index (χ4n) is 2.29. The van der Waals surface area contributed by atoms with Crippen LogP contribution in [0.25, 0.3) is 0 Å².